The van der Waals surface area contributed by atoms with E-state index in [1.54, 1.807) is 17.0 Å². The van der Waals surface area contributed by atoms with Crippen LogP contribution in [0.4, 0.5) is 0 Å². The van der Waals surface area contributed by atoms with Crippen LogP contribution in [0.2, 0.25) is 0 Å². The highest BCUT2D eigenvalue weighted by molar-refractivity contribution is 6.03. The van der Waals surface area contributed by atoms with Crippen molar-refractivity contribution in [1.29, 1.82) is 0 Å². The van der Waals surface area contributed by atoms with Gasteiger partial charge in [0, 0.05) is 24.9 Å². The number of piperidine rings is 1. The number of aromatic hydroxyl groups is 1. The summed E-state index contributed by atoms with van der Waals surface area (Å²) in [5.74, 6) is -0.754. The van der Waals surface area contributed by atoms with Gasteiger partial charge in [0.1, 0.15) is 5.75 Å². The van der Waals surface area contributed by atoms with Gasteiger partial charge in [-0.3, -0.25) is 9.59 Å². The summed E-state index contributed by atoms with van der Waals surface area (Å²) < 4.78 is 0. The third kappa shape index (κ3) is 3.35. The minimum Gasteiger partial charge on any atom is -0.506 e. The first-order valence-corrected chi connectivity index (χ1v) is 8.28. The van der Waals surface area contributed by atoms with Gasteiger partial charge in [-0.1, -0.05) is 30.3 Å². The van der Waals surface area contributed by atoms with Gasteiger partial charge in [0.05, 0.1) is 5.56 Å². The smallest absolute Gasteiger partial charge is 0.303 e. The number of carboxylic acids is 1. The van der Waals surface area contributed by atoms with Gasteiger partial charge in [0.2, 0.25) is 0 Å². The van der Waals surface area contributed by atoms with Crippen molar-refractivity contribution in [3.63, 3.8) is 0 Å². The molecule has 0 radical (unpaired) electrons. The summed E-state index contributed by atoms with van der Waals surface area (Å²) in [5, 5.41) is 20.9. The Morgan fingerprint density at radius 3 is 2.75 bits per heavy atom. The molecule has 1 fully saturated rings. The highest BCUT2D eigenvalue weighted by atomic mass is 16.4. The van der Waals surface area contributed by atoms with E-state index in [2.05, 4.69) is 0 Å². The average Bonchev–Trinajstić information content (AvgIpc) is 2.60. The first-order valence-electron chi connectivity index (χ1n) is 8.28. The Labute approximate surface area is 140 Å². The van der Waals surface area contributed by atoms with Crippen molar-refractivity contribution in [3.8, 4) is 5.75 Å². The fourth-order valence-corrected chi connectivity index (χ4v) is 3.41. The van der Waals surface area contributed by atoms with Gasteiger partial charge >= 0.3 is 5.97 Å². The molecule has 0 saturated carbocycles. The number of benzene rings is 2. The topological polar surface area (TPSA) is 77.8 Å². The van der Waals surface area contributed by atoms with Crippen LogP contribution >= 0.6 is 0 Å². The minimum absolute atomic E-state index is 0.0192. The lowest BCUT2D eigenvalue weighted by molar-refractivity contribution is -0.137. The van der Waals surface area contributed by atoms with Crippen LogP contribution in [0.15, 0.2) is 36.4 Å². The number of carboxylic acid groups (broad SMARTS) is 1. The molecule has 1 aliphatic rings. The Balaban J connectivity index is 1.78. The number of amides is 1. The lowest BCUT2D eigenvalue weighted by Gasteiger charge is -2.33. The van der Waals surface area contributed by atoms with Gasteiger partial charge in [-0.05, 0) is 36.6 Å². The summed E-state index contributed by atoms with van der Waals surface area (Å²) in [5.41, 5.74) is 0.313. The van der Waals surface area contributed by atoms with E-state index in [0.717, 1.165) is 18.2 Å². The Morgan fingerprint density at radius 2 is 1.96 bits per heavy atom. The molecule has 1 saturated heterocycles. The molecular weight excluding hydrogens is 306 g/mol. The van der Waals surface area contributed by atoms with Crippen molar-refractivity contribution in [1.82, 2.24) is 4.90 Å². The van der Waals surface area contributed by atoms with Gasteiger partial charge in [-0.25, -0.2) is 0 Å². The highest BCUT2D eigenvalue weighted by Crippen LogP contribution is 2.31. The van der Waals surface area contributed by atoms with Crippen molar-refractivity contribution in [2.75, 3.05) is 13.1 Å². The number of hydrogen-bond donors (Lipinski definition) is 2. The lowest BCUT2D eigenvalue weighted by Crippen LogP contribution is -2.40. The number of likely N-dealkylation sites (tertiary alicyclic amines) is 1. The zero-order valence-electron chi connectivity index (χ0n) is 13.4. The largest absolute Gasteiger partial charge is 0.506 e. The van der Waals surface area contributed by atoms with Gasteiger partial charge in [-0.2, -0.15) is 0 Å². The summed E-state index contributed by atoms with van der Waals surface area (Å²) in [6.45, 7) is 1.20. The first-order chi connectivity index (χ1) is 11.6. The number of rotatable bonds is 4. The van der Waals surface area contributed by atoms with Gasteiger partial charge in [-0.15, -0.1) is 0 Å². The molecule has 2 aromatic rings. The highest BCUT2D eigenvalue weighted by Gasteiger charge is 2.26. The monoisotopic (exact) mass is 327 g/mol. The molecule has 0 aromatic heterocycles. The Bertz CT molecular complexity index is 771. The SMILES string of the molecule is O=C(O)CCC1CCCN(C(=O)c2ccc3ccccc3c2O)C1. The maximum Gasteiger partial charge on any atom is 0.303 e. The molecule has 1 atom stereocenters. The molecule has 0 spiro atoms. The number of aliphatic carboxylic acids is 1. The Hall–Kier alpha value is -2.56. The molecule has 5 nitrogen and oxygen atoms in total. The van der Waals surface area contributed by atoms with E-state index in [4.69, 9.17) is 5.11 Å². The van der Waals surface area contributed by atoms with Crippen LogP contribution in [0, 0.1) is 5.92 Å². The third-order valence-corrected chi connectivity index (χ3v) is 4.70. The minimum atomic E-state index is -0.800. The normalized spacial score (nSPS) is 17.8. The van der Waals surface area contributed by atoms with Crippen molar-refractivity contribution in [2.45, 2.75) is 25.7 Å². The van der Waals surface area contributed by atoms with Crippen LogP contribution in [0.3, 0.4) is 0 Å². The maximum atomic E-state index is 12.8. The van der Waals surface area contributed by atoms with Crippen molar-refractivity contribution >= 4 is 22.6 Å². The summed E-state index contributed by atoms with van der Waals surface area (Å²) in [6.07, 6.45) is 2.53. The molecular formula is C19H21NO4. The molecule has 0 aliphatic carbocycles. The molecule has 0 bridgehead atoms. The average molecular weight is 327 g/mol. The van der Waals surface area contributed by atoms with Crippen molar-refractivity contribution in [2.24, 2.45) is 5.92 Å². The second-order valence-corrected chi connectivity index (χ2v) is 6.37. The summed E-state index contributed by atoms with van der Waals surface area (Å²) >= 11 is 0. The van der Waals surface area contributed by atoms with E-state index in [-0.39, 0.29) is 24.0 Å². The second kappa shape index (κ2) is 6.91. The lowest BCUT2D eigenvalue weighted by atomic mass is 9.92. The Kier molecular flexibility index (Phi) is 4.69. The van der Waals surface area contributed by atoms with E-state index < -0.39 is 5.97 Å². The van der Waals surface area contributed by atoms with Crippen LogP contribution in [0.5, 0.6) is 5.75 Å². The van der Waals surface area contributed by atoms with Crippen LogP contribution in [0.25, 0.3) is 10.8 Å². The molecule has 1 unspecified atom stereocenters. The molecule has 126 valence electrons. The molecule has 24 heavy (non-hydrogen) atoms. The Morgan fingerprint density at radius 1 is 1.17 bits per heavy atom. The summed E-state index contributed by atoms with van der Waals surface area (Å²) in [4.78, 5) is 25.3. The number of hydrogen-bond acceptors (Lipinski definition) is 3. The molecule has 2 aromatic carbocycles. The molecule has 1 heterocycles. The third-order valence-electron chi connectivity index (χ3n) is 4.70. The van der Waals surface area contributed by atoms with E-state index >= 15 is 0 Å². The quantitative estimate of drug-likeness (QED) is 0.903. The zero-order chi connectivity index (χ0) is 17.1. The number of carbonyl (C=O) groups excluding carboxylic acids is 1. The van der Waals surface area contributed by atoms with Crippen molar-refractivity contribution < 1.29 is 19.8 Å². The van der Waals surface area contributed by atoms with Crippen LogP contribution in [-0.4, -0.2) is 40.1 Å². The fraction of sp³-hybridized carbons (Fsp3) is 0.368. The number of nitrogens with zero attached hydrogens (tertiary/aromatic N) is 1. The van der Waals surface area contributed by atoms with Crippen LogP contribution in [0.1, 0.15) is 36.0 Å². The fourth-order valence-electron chi connectivity index (χ4n) is 3.41. The van der Waals surface area contributed by atoms with Gasteiger partial charge in [0.25, 0.3) is 5.91 Å². The maximum absolute atomic E-state index is 12.8. The molecule has 3 rings (SSSR count). The van der Waals surface area contributed by atoms with Crippen molar-refractivity contribution in [3.05, 3.63) is 42.0 Å². The molecule has 1 amide bonds. The van der Waals surface area contributed by atoms with E-state index in [1.165, 1.54) is 0 Å². The van der Waals surface area contributed by atoms with E-state index in [1.807, 2.05) is 24.3 Å². The number of phenolic OH excluding ortho intramolecular Hbond substituents is 1. The number of fused-ring (bicyclic) bond motifs is 1. The summed E-state index contributed by atoms with van der Waals surface area (Å²) in [6, 6.07) is 10.9. The standard InChI is InChI=1S/C19H21NO4/c21-17(22)10-7-13-4-3-11-20(12-13)19(24)16-9-8-14-5-1-2-6-15(14)18(16)23/h1-2,5-6,8-9,13,23H,3-4,7,10-12H2,(H,21,22). The van der Waals surface area contributed by atoms with Gasteiger partial charge in [0.15, 0.2) is 0 Å². The van der Waals surface area contributed by atoms with Crippen LogP contribution < -0.4 is 0 Å². The zero-order valence-corrected chi connectivity index (χ0v) is 13.4. The first kappa shape index (κ1) is 16.3. The molecule has 2 N–H and O–H groups in total. The predicted octanol–water partition coefficient (Wildman–Crippen LogP) is 3.26. The van der Waals surface area contributed by atoms with Crippen LogP contribution in [-0.2, 0) is 4.79 Å². The molecule has 5 heteroatoms. The summed E-state index contributed by atoms with van der Waals surface area (Å²) in [7, 11) is 0. The van der Waals surface area contributed by atoms with E-state index in [9.17, 15) is 14.7 Å². The van der Waals surface area contributed by atoms with Gasteiger partial charge < -0.3 is 15.1 Å². The molecule has 1 aliphatic heterocycles. The second-order valence-electron chi connectivity index (χ2n) is 6.37. The number of phenols is 1. The van der Waals surface area contributed by atoms with E-state index in [0.29, 0.717) is 30.5 Å². The predicted molar refractivity (Wildman–Crippen MR) is 91.1 cm³/mol. The number of carbonyl (C=O) groups is 2.